The van der Waals surface area contributed by atoms with Crippen LogP contribution in [0.15, 0.2) is 54.9 Å². The maximum Gasteiger partial charge on any atom is 0.233 e. The second-order valence-corrected chi connectivity index (χ2v) is 8.61. The van der Waals surface area contributed by atoms with E-state index < -0.39 is 0 Å². The van der Waals surface area contributed by atoms with Crippen LogP contribution in [0.1, 0.15) is 36.9 Å². The van der Waals surface area contributed by atoms with E-state index in [0.29, 0.717) is 19.8 Å². The number of ether oxygens (including phenoxy) is 1. The molecule has 3 heterocycles. The first-order valence-corrected chi connectivity index (χ1v) is 11.0. The number of aromatic nitrogens is 3. The van der Waals surface area contributed by atoms with Crippen molar-refractivity contribution in [2.75, 3.05) is 26.3 Å². The van der Waals surface area contributed by atoms with Crippen molar-refractivity contribution >= 4 is 11.6 Å². The molecule has 1 aromatic carbocycles. The molecule has 0 N–H and O–H groups in total. The van der Waals surface area contributed by atoms with E-state index in [1.807, 2.05) is 24.4 Å². The first-order valence-electron chi connectivity index (χ1n) is 11.0. The number of benzene rings is 1. The summed E-state index contributed by atoms with van der Waals surface area (Å²) < 4.78 is 7.70. The number of rotatable bonds is 4. The average Bonchev–Trinajstić information content (AvgIpc) is 3.40. The van der Waals surface area contributed by atoms with E-state index in [1.165, 1.54) is 5.56 Å². The van der Waals surface area contributed by atoms with E-state index >= 15 is 0 Å². The Morgan fingerprint density at radius 2 is 1.97 bits per heavy atom. The van der Waals surface area contributed by atoms with Crippen LogP contribution in [-0.2, 0) is 21.4 Å². The summed E-state index contributed by atoms with van der Waals surface area (Å²) >= 11 is 0. The quantitative estimate of drug-likeness (QED) is 0.670. The molecular formula is C24H28N4O2. The summed E-state index contributed by atoms with van der Waals surface area (Å²) in [6.07, 6.45) is 8.52. The lowest BCUT2D eigenvalue weighted by molar-refractivity contribution is -0.137. The Kier molecular flexibility index (Phi) is 5.25. The van der Waals surface area contributed by atoms with Gasteiger partial charge in [0.15, 0.2) is 5.65 Å². The molecule has 156 valence electrons. The van der Waals surface area contributed by atoms with Crippen LogP contribution in [0.25, 0.3) is 5.65 Å². The molecule has 0 radical (unpaired) electrons. The lowest BCUT2D eigenvalue weighted by Crippen LogP contribution is -2.47. The molecule has 0 unspecified atom stereocenters. The number of hydrogen-bond donors (Lipinski definition) is 0. The van der Waals surface area contributed by atoms with Crippen molar-refractivity contribution in [3.05, 3.63) is 66.1 Å². The highest BCUT2D eigenvalue weighted by Gasteiger charge is 2.45. The molecule has 5 rings (SSSR count). The zero-order valence-electron chi connectivity index (χ0n) is 17.2. The summed E-state index contributed by atoms with van der Waals surface area (Å²) in [7, 11) is 0. The molecule has 6 nitrogen and oxygen atoms in total. The predicted octanol–water partition coefficient (Wildman–Crippen LogP) is 3.26. The molecule has 1 aliphatic carbocycles. The fourth-order valence-electron chi connectivity index (χ4n) is 5.11. The zero-order chi connectivity index (χ0) is 20.4. The van der Waals surface area contributed by atoms with E-state index in [-0.39, 0.29) is 17.2 Å². The Bertz CT molecular complexity index is 1010. The lowest BCUT2D eigenvalue weighted by atomic mass is 9.77. The van der Waals surface area contributed by atoms with Gasteiger partial charge in [0.25, 0.3) is 0 Å². The van der Waals surface area contributed by atoms with E-state index in [2.05, 4.69) is 39.2 Å². The molecule has 6 heteroatoms. The SMILES string of the molecule is O=C(N1CCOC[C@H](Cc2ccc3nccn3n2)C1)C1(c2ccccc2)CCCC1. The molecule has 1 aliphatic heterocycles. The van der Waals surface area contributed by atoms with Gasteiger partial charge in [-0.05, 0) is 37.0 Å². The number of carbonyl (C=O) groups excluding carboxylic acids is 1. The predicted molar refractivity (Wildman–Crippen MR) is 114 cm³/mol. The molecule has 2 aliphatic rings. The zero-order valence-corrected chi connectivity index (χ0v) is 17.2. The number of amides is 1. The van der Waals surface area contributed by atoms with Crippen LogP contribution in [0.3, 0.4) is 0 Å². The van der Waals surface area contributed by atoms with E-state index in [9.17, 15) is 4.79 Å². The van der Waals surface area contributed by atoms with Crippen LogP contribution in [-0.4, -0.2) is 51.7 Å². The minimum absolute atomic E-state index is 0.235. The highest BCUT2D eigenvalue weighted by atomic mass is 16.5. The highest BCUT2D eigenvalue weighted by molar-refractivity contribution is 5.88. The number of fused-ring (bicyclic) bond motifs is 1. The third-order valence-electron chi connectivity index (χ3n) is 6.63. The molecule has 2 fully saturated rings. The third-order valence-corrected chi connectivity index (χ3v) is 6.63. The molecule has 1 atom stereocenters. The van der Waals surface area contributed by atoms with Gasteiger partial charge in [0.1, 0.15) is 0 Å². The molecule has 3 aromatic rings. The second kappa shape index (κ2) is 8.19. The smallest absolute Gasteiger partial charge is 0.233 e. The van der Waals surface area contributed by atoms with E-state index in [0.717, 1.165) is 50.0 Å². The second-order valence-electron chi connectivity index (χ2n) is 8.61. The molecule has 0 bridgehead atoms. The Balaban J connectivity index is 1.36. The van der Waals surface area contributed by atoms with Gasteiger partial charge in [0.2, 0.25) is 5.91 Å². The molecule has 2 aromatic heterocycles. The summed E-state index contributed by atoms with van der Waals surface area (Å²) in [5, 5.41) is 4.66. The fraction of sp³-hybridized carbons (Fsp3) is 0.458. The van der Waals surface area contributed by atoms with E-state index in [1.54, 1.807) is 10.7 Å². The van der Waals surface area contributed by atoms with E-state index in [4.69, 9.17) is 4.74 Å². The van der Waals surface area contributed by atoms with Crippen molar-refractivity contribution in [1.29, 1.82) is 0 Å². The van der Waals surface area contributed by atoms with Crippen molar-refractivity contribution < 1.29 is 9.53 Å². The standard InChI is InChI=1S/C24H28N4O2/c29-23(24(10-4-5-11-24)20-6-2-1-3-7-20)27-14-15-30-18-19(17-27)16-21-8-9-22-25-12-13-28(22)26-21/h1-3,6-9,12-13,19H,4-5,10-11,14-18H2/t19-/m1/s1. The van der Waals surface area contributed by atoms with Gasteiger partial charge in [-0.1, -0.05) is 43.2 Å². The van der Waals surface area contributed by atoms with Crippen molar-refractivity contribution in [3.8, 4) is 0 Å². The van der Waals surface area contributed by atoms with Crippen LogP contribution in [0, 0.1) is 5.92 Å². The van der Waals surface area contributed by atoms with Gasteiger partial charge in [0.05, 0.1) is 24.3 Å². The fourth-order valence-corrected chi connectivity index (χ4v) is 5.11. The summed E-state index contributed by atoms with van der Waals surface area (Å²) in [5.41, 5.74) is 2.65. The Labute approximate surface area is 176 Å². The maximum absolute atomic E-state index is 13.9. The Hall–Kier alpha value is -2.73. The van der Waals surface area contributed by atoms with Gasteiger partial charge in [-0.25, -0.2) is 9.50 Å². The summed E-state index contributed by atoms with van der Waals surface area (Å²) in [5.74, 6) is 0.513. The van der Waals surface area contributed by atoms with Crippen molar-refractivity contribution in [2.24, 2.45) is 5.92 Å². The maximum atomic E-state index is 13.9. The van der Waals surface area contributed by atoms with Crippen molar-refractivity contribution in [2.45, 2.75) is 37.5 Å². The lowest BCUT2D eigenvalue weighted by Gasteiger charge is -2.35. The average molecular weight is 405 g/mol. The Morgan fingerprint density at radius 3 is 2.80 bits per heavy atom. The number of nitrogens with zero attached hydrogens (tertiary/aromatic N) is 4. The number of hydrogen-bond acceptors (Lipinski definition) is 4. The number of imidazole rings is 1. The molecule has 1 amide bonds. The molecule has 30 heavy (non-hydrogen) atoms. The van der Waals surface area contributed by atoms with Crippen LogP contribution in [0.5, 0.6) is 0 Å². The monoisotopic (exact) mass is 404 g/mol. The largest absolute Gasteiger partial charge is 0.379 e. The molecular weight excluding hydrogens is 376 g/mol. The van der Waals surface area contributed by atoms with Gasteiger partial charge in [0, 0.05) is 31.4 Å². The number of carbonyl (C=O) groups is 1. The summed E-state index contributed by atoms with van der Waals surface area (Å²) in [4.78, 5) is 20.2. The van der Waals surface area contributed by atoms with Gasteiger partial charge in [-0.15, -0.1) is 0 Å². The third kappa shape index (κ3) is 3.60. The van der Waals surface area contributed by atoms with Crippen LogP contribution in [0.4, 0.5) is 0 Å². The van der Waals surface area contributed by atoms with Gasteiger partial charge >= 0.3 is 0 Å². The van der Waals surface area contributed by atoms with Gasteiger partial charge in [-0.3, -0.25) is 4.79 Å². The minimum atomic E-state index is -0.371. The molecule has 1 saturated heterocycles. The first-order chi connectivity index (χ1) is 14.7. The Morgan fingerprint density at radius 1 is 1.13 bits per heavy atom. The van der Waals surface area contributed by atoms with Crippen LogP contribution >= 0.6 is 0 Å². The minimum Gasteiger partial charge on any atom is -0.379 e. The molecule has 0 spiro atoms. The normalized spacial score (nSPS) is 21.6. The van der Waals surface area contributed by atoms with Gasteiger partial charge in [-0.2, -0.15) is 5.10 Å². The van der Waals surface area contributed by atoms with Crippen LogP contribution in [0.2, 0.25) is 0 Å². The topological polar surface area (TPSA) is 59.7 Å². The first kappa shape index (κ1) is 19.2. The summed E-state index contributed by atoms with van der Waals surface area (Å²) in [6.45, 7) is 2.64. The van der Waals surface area contributed by atoms with Crippen LogP contribution < -0.4 is 0 Å². The van der Waals surface area contributed by atoms with Crippen molar-refractivity contribution in [1.82, 2.24) is 19.5 Å². The highest BCUT2D eigenvalue weighted by Crippen LogP contribution is 2.42. The van der Waals surface area contributed by atoms with Gasteiger partial charge < -0.3 is 9.64 Å². The molecule has 1 saturated carbocycles. The van der Waals surface area contributed by atoms with Crippen molar-refractivity contribution in [3.63, 3.8) is 0 Å². The summed E-state index contributed by atoms with van der Waals surface area (Å²) in [6, 6.07) is 14.4.